The summed E-state index contributed by atoms with van der Waals surface area (Å²) < 4.78 is 4.68. The number of carbonyl (C=O) groups excluding carboxylic acids is 2. The van der Waals surface area contributed by atoms with E-state index >= 15 is 0 Å². The van der Waals surface area contributed by atoms with Crippen LogP contribution in [0.15, 0.2) is 0 Å². The van der Waals surface area contributed by atoms with Gasteiger partial charge in [0, 0.05) is 0 Å². The largest absolute Gasteiger partial charge is 0.464 e. The summed E-state index contributed by atoms with van der Waals surface area (Å²) in [5, 5.41) is 12.5. The molecule has 0 bridgehead atoms. The minimum atomic E-state index is -1.32. The van der Waals surface area contributed by atoms with Gasteiger partial charge in [0.1, 0.15) is 0 Å². The lowest BCUT2D eigenvalue weighted by Gasteiger charge is -2.23. The number of rotatable bonds is 4. The maximum absolute atomic E-state index is 11.7. The second kappa shape index (κ2) is 7.33. The third kappa shape index (κ3) is 4.27. The zero-order chi connectivity index (χ0) is 13.5. The fraction of sp³-hybridized carbons (Fsp3) is 0.833. The second-order valence-corrected chi connectivity index (χ2v) is 4.55. The summed E-state index contributed by atoms with van der Waals surface area (Å²) in [7, 11) is 0. The van der Waals surface area contributed by atoms with Crippen molar-refractivity contribution >= 4 is 11.9 Å². The number of hydrogen-bond donors (Lipinski definition) is 3. The summed E-state index contributed by atoms with van der Waals surface area (Å²) in [6.07, 6.45) is 3.77. The molecule has 1 aliphatic carbocycles. The van der Waals surface area contributed by atoms with Crippen LogP contribution >= 0.6 is 0 Å². The van der Waals surface area contributed by atoms with Gasteiger partial charge in [-0.25, -0.2) is 4.79 Å². The van der Waals surface area contributed by atoms with Crippen LogP contribution in [0.1, 0.15) is 39.0 Å². The van der Waals surface area contributed by atoms with Crippen molar-refractivity contribution in [1.82, 2.24) is 5.32 Å². The summed E-state index contributed by atoms with van der Waals surface area (Å²) in [5.41, 5.74) is 5.48. The first-order valence-electron chi connectivity index (χ1n) is 6.47. The number of nitrogens with one attached hydrogen (secondary N) is 1. The molecule has 0 radical (unpaired) electrons. The molecule has 6 nitrogen and oxygen atoms in total. The molecule has 1 amide bonds. The van der Waals surface area contributed by atoms with Gasteiger partial charge in [-0.2, -0.15) is 0 Å². The van der Waals surface area contributed by atoms with Gasteiger partial charge in [-0.05, 0) is 19.8 Å². The Morgan fingerprint density at radius 2 is 2.06 bits per heavy atom. The molecule has 0 spiro atoms. The molecule has 0 aromatic rings. The van der Waals surface area contributed by atoms with Crippen molar-refractivity contribution in [3.8, 4) is 0 Å². The van der Waals surface area contributed by atoms with Crippen molar-refractivity contribution in [2.75, 3.05) is 6.61 Å². The Balaban J connectivity index is 2.49. The maximum Gasteiger partial charge on any atom is 0.332 e. The Morgan fingerprint density at radius 1 is 1.39 bits per heavy atom. The molecule has 1 fully saturated rings. The fourth-order valence-corrected chi connectivity index (χ4v) is 2.07. The molecule has 1 rings (SSSR count). The number of nitrogens with two attached hydrogens (primary N) is 1. The smallest absolute Gasteiger partial charge is 0.332 e. The maximum atomic E-state index is 11.7. The fourth-order valence-electron chi connectivity index (χ4n) is 2.07. The van der Waals surface area contributed by atoms with E-state index in [9.17, 15) is 14.7 Å². The molecule has 6 heteroatoms. The molecular weight excluding hydrogens is 236 g/mol. The highest BCUT2D eigenvalue weighted by Gasteiger charge is 2.29. The lowest BCUT2D eigenvalue weighted by atomic mass is 10.1. The van der Waals surface area contributed by atoms with E-state index in [0.29, 0.717) is 12.8 Å². The first-order valence-corrected chi connectivity index (χ1v) is 6.47. The van der Waals surface area contributed by atoms with Gasteiger partial charge in [0.2, 0.25) is 5.91 Å². The predicted octanol–water partition coefficient (Wildman–Crippen LogP) is -0.313. The number of ether oxygens (including phenoxy) is 1. The van der Waals surface area contributed by atoms with Crippen LogP contribution < -0.4 is 11.1 Å². The molecule has 104 valence electrons. The zero-order valence-electron chi connectivity index (χ0n) is 10.7. The summed E-state index contributed by atoms with van der Waals surface area (Å²) in [6.45, 7) is 1.84. The van der Waals surface area contributed by atoms with Crippen molar-refractivity contribution in [1.29, 1.82) is 0 Å². The first-order chi connectivity index (χ1) is 8.56. The summed E-state index contributed by atoms with van der Waals surface area (Å²) >= 11 is 0. The van der Waals surface area contributed by atoms with Crippen molar-refractivity contribution in [3.05, 3.63) is 0 Å². The molecule has 1 saturated carbocycles. The van der Waals surface area contributed by atoms with E-state index in [2.05, 4.69) is 10.1 Å². The third-order valence-corrected chi connectivity index (χ3v) is 3.13. The van der Waals surface area contributed by atoms with Crippen molar-refractivity contribution in [2.24, 2.45) is 5.73 Å². The molecular formula is C12H22N2O4. The van der Waals surface area contributed by atoms with Crippen LogP contribution in [0.25, 0.3) is 0 Å². The molecule has 3 atom stereocenters. The lowest BCUT2D eigenvalue weighted by molar-refractivity contribution is -0.148. The summed E-state index contributed by atoms with van der Waals surface area (Å²) in [6, 6.07) is -1.64. The highest BCUT2D eigenvalue weighted by molar-refractivity contribution is 6.01. The highest BCUT2D eigenvalue weighted by atomic mass is 16.5. The predicted molar refractivity (Wildman–Crippen MR) is 65.6 cm³/mol. The third-order valence-electron chi connectivity index (χ3n) is 3.13. The molecule has 3 unspecified atom stereocenters. The minimum absolute atomic E-state index is 0.186. The van der Waals surface area contributed by atoms with Crippen LogP contribution in [0.5, 0.6) is 0 Å². The van der Waals surface area contributed by atoms with Gasteiger partial charge < -0.3 is 20.9 Å². The van der Waals surface area contributed by atoms with Gasteiger partial charge in [-0.3, -0.25) is 4.79 Å². The number of esters is 1. The number of amides is 1. The van der Waals surface area contributed by atoms with E-state index in [-0.39, 0.29) is 12.6 Å². The van der Waals surface area contributed by atoms with Gasteiger partial charge in [-0.1, -0.05) is 19.3 Å². The Morgan fingerprint density at radius 3 is 2.72 bits per heavy atom. The Kier molecular flexibility index (Phi) is 6.07. The number of aliphatic hydroxyl groups excluding tert-OH is 1. The van der Waals surface area contributed by atoms with E-state index in [1.165, 1.54) is 0 Å². The van der Waals surface area contributed by atoms with Crippen LogP contribution in [0.4, 0.5) is 0 Å². The monoisotopic (exact) mass is 258 g/mol. The van der Waals surface area contributed by atoms with Gasteiger partial charge >= 0.3 is 5.97 Å². The summed E-state index contributed by atoms with van der Waals surface area (Å²) in [4.78, 5) is 23.0. The molecule has 0 aliphatic heterocycles. The normalized spacial score (nSPS) is 25.9. The molecule has 18 heavy (non-hydrogen) atoms. The standard InChI is InChI=1S/C12H22N2O4/c1-2-18-12(17)10(13)11(16)14-8-6-4-3-5-7-9(8)15/h8-10,15H,2-7,13H2,1H3,(H,14,16). The van der Waals surface area contributed by atoms with Crippen LogP contribution in [-0.4, -0.2) is 41.8 Å². The van der Waals surface area contributed by atoms with Gasteiger partial charge in [0.25, 0.3) is 0 Å². The Bertz CT molecular complexity index is 296. The summed E-state index contributed by atoms with van der Waals surface area (Å²) in [5.74, 6) is -1.32. The number of aliphatic hydroxyl groups is 1. The average molecular weight is 258 g/mol. The molecule has 0 aromatic heterocycles. The molecule has 1 aliphatic rings. The molecule has 0 heterocycles. The lowest BCUT2D eigenvalue weighted by Crippen LogP contribution is -2.52. The van der Waals surface area contributed by atoms with Crippen LogP contribution in [0.3, 0.4) is 0 Å². The Labute approximate surface area is 107 Å². The Hall–Kier alpha value is -1.14. The highest BCUT2D eigenvalue weighted by Crippen LogP contribution is 2.18. The second-order valence-electron chi connectivity index (χ2n) is 4.55. The van der Waals surface area contributed by atoms with E-state index in [1.54, 1.807) is 6.92 Å². The van der Waals surface area contributed by atoms with E-state index in [1.807, 2.05) is 0 Å². The van der Waals surface area contributed by atoms with Crippen molar-refractivity contribution in [2.45, 2.75) is 57.2 Å². The van der Waals surface area contributed by atoms with Gasteiger partial charge in [0.05, 0.1) is 18.8 Å². The van der Waals surface area contributed by atoms with Crippen molar-refractivity contribution < 1.29 is 19.4 Å². The van der Waals surface area contributed by atoms with Gasteiger partial charge in [-0.15, -0.1) is 0 Å². The topological polar surface area (TPSA) is 102 Å². The van der Waals surface area contributed by atoms with Crippen LogP contribution in [0.2, 0.25) is 0 Å². The zero-order valence-corrected chi connectivity index (χ0v) is 10.7. The molecule has 4 N–H and O–H groups in total. The molecule has 0 saturated heterocycles. The van der Waals surface area contributed by atoms with E-state index < -0.39 is 24.0 Å². The van der Waals surface area contributed by atoms with E-state index in [0.717, 1.165) is 19.3 Å². The quantitative estimate of drug-likeness (QED) is 0.364. The first kappa shape index (κ1) is 14.9. The van der Waals surface area contributed by atoms with Crippen molar-refractivity contribution in [3.63, 3.8) is 0 Å². The van der Waals surface area contributed by atoms with Gasteiger partial charge in [0.15, 0.2) is 6.04 Å². The number of hydrogen-bond acceptors (Lipinski definition) is 5. The average Bonchev–Trinajstić information content (AvgIpc) is 2.54. The van der Waals surface area contributed by atoms with Crippen LogP contribution in [-0.2, 0) is 14.3 Å². The molecule has 0 aromatic carbocycles. The SMILES string of the molecule is CCOC(=O)C(N)C(=O)NC1CCCCCC1O. The number of carbonyl (C=O) groups is 2. The van der Waals surface area contributed by atoms with E-state index in [4.69, 9.17) is 5.73 Å². The minimum Gasteiger partial charge on any atom is -0.464 e. The van der Waals surface area contributed by atoms with Crippen LogP contribution in [0, 0.1) is 0 Å².